The van der Waals surface area contributed by atoms with E-state index < -0.39 is 0 Å². The second-order valence-electron chi connectivity index (χ2n) is 8.92. The molecule has 3 aromatic rings. The molecule has 2 heterocycles. The van der Waals surface area contributed by atoms with Crippen LogP contribution in [0.3, 0.4) is 0 Å². The molecule has 1 saturated heterocycles. The molecule has 5 nitrogen and oxygen atoms in total. The van der Waals surface area contributed by atoms with Crippen LogP contribution in [0.5, 0.6) is 5.75 Å². The highest BCUT2D eigenvalue weighted by Gasteiger charge is 2.27. The zero-order chi connectivity index (χ0) is 21.2. The van der Waals surface area contributed by atoms with Gasteiger partial charge in [-0.2, -0.15) is 0 Å². The molecule has 2 aromatic carbocycles. The van der Waals surface area contributed by atoms with Crippen LogP contribution >= 0.6 is 11.3 Å². The number of nitrogens with zero attached hydrogens (tertiary/aromatic N) is 2. The minimum absolute atomic E-state index is 0.180. The zero-order valence-corrected chi connectivity index (χ0v) is 18.9. The minimum atomic E-state index is -0.180. The Bertz CT molecular complexity index is 982. The van der Waals surface area contributed by atoms with E-state index in [1.165, 1.54) is 4.70 Å². The summed E-state index contributed by atoms with van der Waals surface area (Å²) < 4.78 is 14.2. The molecule has 1 aliphatic heterocycles. The highest BCUT2D eigenvalue weighted by atomic mass is 32.1. The molecule has 2 aliphatic rings. The monoisotopic (exact) mass is 437 g/mol. The lowest BCUT2D eigenvalue weighted by molar-refractivity contribution is -0.0235. The summed E-state index contributed by atoms with van der Waals surface area (Å²) in [6.07, 6.45) is 5.36. The summed E-state index contributed by atoms with van der Waals surface area (Å²) in [6, 6.07) is 17.0. The van der Waals surface area contributed by atoms with Crippen molar-refractivity contribution < 1.29 is 9.47 Å². The first-order valence-corrected chi connectivity index (χ1v) is 12.2. The third kappa shape index (κ3) is 4.93. The van der Waals surface area contributed by atoms with Gasteiger partial charge in [0.05, 0.1) is 16.3 Å². The molecule has 1 saturated carbocycles. The van der Waals surface area contributed by atoms with Gasteiger partial charge in [-0.3, -0.25) is 0 Å². The number of nitrogens with two attached hydrogens (primary N) is 1. The molecule has 31 heavy (non-hydrogen) atoms. The van der Waals surface area contributed by atoms with E-state index in [4.69, 9.17) is 20.2 Å². The van der Waals surface area contributed by atoms with Crippen molar-refractivity contribution >= 4 is 21.6 Å². The normalized spacial score (nSPS) is 23.9. The molecular formula is C25H31N3O2S. The van der Waals surface area contributed by atoms with Crippen LogP contribution in [0.4, 0.5) is 0 Å². The number of likely N-dealkylation sites (tertiary alicyclic amines) is 1. The Morgan fingerprint density at radius 1 is 1.03 bits per heavy atom. The molecule has 3 atom stereocenters. The quantitative estimate of drug-likeness (QED) is 0.603. The van der Waals surface area contributed by atoms with Gasteiger partial charge in [0, 0.05) is 19.1 Å². The van der Waals surface area contributed by atoms with E-state index in [9.17, 15) is 0 Å². The molecule has 1 aromatic heterocycles. The van der Waals surface area contributed by atoms with Gasteiger partial charge in [0.25, 0.3) is 0 Å². The molecule has 164 valence electrons. The van der Waals surface area contributed by atoms with Crippen molar-refractivity contribution in [3.63, 3.8) is 0 Å². The van der Waals surface area contributed by atoms with Crippen LogP contribution in [-0.4, -0.2) is 48.3 Å². The maximum atomic E-state index is 6.73. The molecular weight excluding hydrogens is 406 g/mol. The first kappa shape index (κ1) is 20.9. The Morgan fingerprint density at radius 3 is 2.65 bits per heavy atom. The first-order valence-electron chi connectivity index (χ1n) is 11.4. The SMILES string of the molecule is CN1CCC(OC(c2cccc(OC3CCC(N)C3)c2)c2nc3ccccc3s2)CC1. The van der Waals surface area contributed by atoms with Crippen molar-refractivity contribution in [1.29, 1.82) is 0 Å². The summed E-state index contributed by atoms with van der Waals surface area (Å²) in [5.41, 5.74) is 8.22. The van der Waals surface area contributed by atoms with Gasteiger partial charge in [-0.15, -0.1) is 11.3 Å². The molecule has 5 rings (SSSR count). The Balaban J connectivity index is 1.42. The summed E-state index contributed by atoms with van der Waals surface area (Å²) in [6.45, 7) is 2.14. The van der Waals surface area contributed by atoms with Crippen LogP contribution < -0.4 is 10.5 Å². The van der Waals surface area contributed by atoms with E-state index >= 15 is 0 Å². The number of hydrogen-bond donors (Lipinski definition) is 1. The van der Waals surface area contributed by atoms with Crippen LogP contribution in [0.2, 0.25) is 0 Å². The first-order chi connectivity index (χ1) is 15.1. The van der Waals surface area contributed by atoms with Crippen molar-refractivity contribution in [1.82, 2.24) is 9.88 Å². The third-order valence-corrected chi connectivity index (χ3v) is 7.50. The zero-order valence-electron chi connectivity index (χ0n) is 18.1. The van der Waals surface area contributed by atoms with E-state index in [1.54, 1.807) is 11.3 Å². The van der Waals surface area contributed by atoms with Crippen molar-refractivity contribution in [2.24, 2.45) is 5.73 Å². The summed E-state index contributed by atoms with van der Waals surface area (Å²) >= 11 is 1.72. The highest BCUT2D eigenvalue weighted by molar-refractivity contribution is 7.18. The Labute approximate surface area is 188 Å². The smallest absolute Gasteiger partial charge is 0.135 e. The van der Waals surface area contributed by atoms with E-state index in [0.717, 1.165) is 67.0 Å². The van der Waals surface area contributed by atoms with Gasteiger partial charge in [0.15, 0.2) is 0 Å². The van der Waals surface area contributed by atoms with Gasteiger partial charge in [0.1, 0.15) is 23.0 Å². The number of benzene rings is 2. The second-order valence-corrected chi connectivity index (χ2v) is 9.99. The molecule has 3 unspecified atom stereocenters. The van der Waals surface area contributed by atoms with Crippen molar-refractivity contribution in [3.8, 4) is 5.75 Å². The minimum Gasteiger partial charge on any atom is -0.490 e. The number of aromatic nitrogens is 1. The van der Waals surface area contributed by atoms with Crippen molar-refractivity contribution in [3.05, 3.63) is 59.1 Å². The van der Waals surface area contributed by atoms with Gasteiger partial charge in [-0.25, -0.2) is 4.98 Å². The van der Waals surface area contributed by atoms with E-state index in [2.05, 4.69) is 48.3 Å². The molecule has 2 fully saturated rings. The predicted molar refractivity (Wildman–Crippen MR) is 126 cm³/mol. The fourth-order valence-electron chi connectivity index (χ4n) is 4.62. The third-order valence-electron chi connectivity index (χ3n) is 6.42. The van der Waals surface area contributed by atoms with E-state index in [0.29, 0.717) is 0 Å². The maximum absolute atomic E-state index is 6.73. The number of fused-ring (bicyclic) bond motifs is 1. The molecule has 0 spiro atoms. The molecule has 0 amide bonds. The molecule has 0 bridgehead atoms. The molecule has 1 aliphatic carbocycles. The Morgan fingerprint density at radius 2 is 1.87 bits per heavy atom. The fourth-order valence-corrected chi connectivity index (χ4v) is 5.65. The predicted octanol–water partition coefficient (Wildman–Crippen LogP) is 4.76. The lowest BCUT2D eigenvalue weighted by Gasteiger charge is -2.31. The summed E-state index contributed by atoms with van der Waals surface area (Å²) in [5.74, 6) is 0.898. The summed E-state index contributed by atoms with van der Waals surface area (Å²) in [5, 5.41) is 1.01. The number of thiazole rings is 1. The molecule has 2 N–H and O–H groups in total. The lowest BCUT2D eigenvalue weighted by atomic mass is 10.1. The number of piperidine rings is 1. The average Bonchev–Trinajstić information content (AvgIpc) is 3.39. The number of rotatable bonds is 6. The van der Waals surface area contributed by atoms with Crippen LogP contribution in [0.1, 0.15) is 48.8 Å². The Hall–Kier alpha value is -1.99. The lowest BCUT2D eigenvalue weighted by Crippen LogP contribution is -2.35. The average molecular weight is 438 g/mol. The summed E-state index contributed by atoms with van der Waals surface area (Å²) in [4.78, 5) is 7.31. The largest absolute Gasteiger partial charge is 0.490 e. The van der Waals surface area contributed by atoms with Gasteiger partial charge in [-0.05, 0) is 69.0 Å². The van der Waals surface area contributed by atoms with Crippen LogP contribution in [-0.2, 0) is 4.74 Å². The second kappa shape index (κ2) is 9.25. The molecule has 6 heteroatoms. The van der Waals surface area contributed by atoms with Crippen molar-refractivity contribution in [2.45, 2.75) is 56.5 Å². The summed E-state index contributed by atoms with van der Waals surface area (Å²) in [7, 11) is 2.18. The number of ether oxygens (including phenoxy) is 2. The van der Waals surface area contributed by atoms with Gasteiger partial charge in [-0.1, -0.05) is 24.3 Å². The highest BCUT2D eigenvalue weighted by Crippen LogP contribution is 2.36. The fraction of sp³-hybridized carbons (Fsp3) is 0.480. The number of para-hydroxylation sites is 1. The standard InChI is InChI=1S/C25H31N3O2S/c1-28-13-11-19(12-14-28)30-24(25-27-22-7-2-3-8-23(22)31-25)17-5-4-6-20(15-17)29-21-10-9-18(26)16-21/h2-8,15,18-19,21,24H,9-14,16,26H2,1H3. The van der Waals surface area contributed by atoms with Crippen molar-refractivity contribution in [2.75, 3.05) is 20.1 Å². The van der Waals surface area contributed by atoms with E-state index in [1.807, 2.05) is 12.1 Å². The number of hydrogen-bond acceptors (Lipinski definition) is 6. The topological polar surface area (TPSA) is 60.6 Å². The van der Waals surface area contributed by atoms with Gasteiger partial charge >= 0.3 is 0 Å². The van der Waals surface area contributed by atoms with Crippen LogP contribution in [0, 0.1) is 0 Å². The maximum Gasteiger partial charge on any atom is 0.135 e. The van der Waals surface area contributed by atoms with Gasteiger partial charge in [0.2, 0.25) is 0 Å². The van der Waals surface area contributed by atoms with Crippen LogP contribution in [0.15, 0.2) is 48.5 Å². The van der Waals surface area contributed by atoms with E-state index in [-0.39, 0.29) is 24.4 Å². The van der Waals surface area contributed by atoms with Gasteiger partial charge < -0.3 is 20.1 Å². The van der Waals surface area contributed by atoms with Crippen LogP contribution in [0.25, 0.3) is 10.2 Å². The molecule has 0 radical (unpaired) electrons. The Kier molecular flexibility index (Phi) is 6.23.